The van der Waals surface area contributed by atoms with Gasteiger partial charge in [-0.15, -0.1) is 0 Å². The molecule has 1 aromatic rings. The molecule has 0 aliphatic heterocycles. The number of benzene rings is 1. The number of carbonyl (C=O) groups is 1. The second kappa shape index (κ2) is 4.67. The number of ether oxygens (including phenoxy) is 1. The van der Waals surface area contributed by atoms with Gasteiger partial charge in [0.15, 0.2) is 0 Å². The maximum absolute atomic E-state index is 10.4. The SMILES string of the molecule is COC(C=O)Cc1ccccc1. The molecule has 0 bridgehead atoms. The third kappa shape index (κ3) is 2.47. The van der Waals surface area contributed by atoms with Crippen molar-refractivity contribution >= 4 is 6.29 Å². The van der Waals surface area contributed by atoms with Gasteiger partial charge in [-0.05, 0) is 5.56 Å². The first-order valence-electron chi connectivity index (χ1n) is 3.89. The molecule has 0 aromatic heterocycles. The van der Waals surface area contributed by atoms with E-state index in [0.29, 0.717) is 6.42 Å². The summed E-state index contributed by atoms with van der Waals surface area (Å²) in [7, 11) is 1.54. The van der Waals surface area contributed by atoms with Crippen molar-refractivity contribution in [1.29, 1.82) is 0 Å². The minimum absolute atomic E-state index is 0.313. The maximum atomic E-state index is 10.4. The molecule has 0 N–H and O–H groups in total. The van der Waals surface area contributed by atoms with Crippen LogP contribution in [0.15, 0.2) is 30.3 Å². The molecule has 1 unspecified atom stereocenters. The fourth-order valence-corrected chi connectivity index (χ4v) is 1.03. The Morgan fingerprint density at radius 1 is 1.42 bits per heavy atom. The van der Waals surface area contributed by atoms with Gasteiger partial charge in [0, 0.05) is 13.5 Å². The van der Waals surface area contributed by atoms with Crippen LogP contribution in [0.5, 0.6) is 0 Å². The van der Waals surface area contributed by atoms with Crippen molar-refractivity contribution < 1.29 is 9.53 Å². The van der Waals surface area contributed by atoms with Crippen molar-refractivity contribution in [3.05, 3.63) is 35.9 Å². The van der Waals surface area contributed by atoms with Gasteiger partial charge in [0.1, 0.15) is 12.4 Å². The molecule has 0 amide bonds. The van der Waals surface area contributed by atoms with Crippen molar-refractivity contribution in [3.63, 3.8) is 0 Å². The van der Waals surface area contributed by atoms with Crippen LogP contribution < -0.4 is 0 Å². The molecular formula is C10H12O2. The third-order valence-electron chi connectivity index (χ3n) is 1.73. The van der Waals surface area contributed by atoms with E-state index in [0.717, 1.165) is 11.8 Å². The molecule has 0 fully saturated rings. The quantitative estimate of drug-likeness (QED) is 0.629. The second-order valence-electron chi connectivity index (χ2n) is 2.60. The fraction of sp³-hybridized carbons (Fsp3) is 0.300. The van der Waals surface area contributed by atoms with Crippen LogP contribution >= 0.6 is 0 Å². The highest BCUT2D eigenvalue weighted by atomic mass is 16.5. The predicted octanol–water partition coefficient (Wildman–Crippen LogP) is 1.44. The van der Waals surface area contributed by atoms with Crippen molar-refractivity contribution in [2.24, 2.45) is 0 Å². The lowest BCUT2D eigenvalue weighted by Crippen LogP contribution is -2.15. The van der Waals surface area contributed by atoms with Gasteiger partial charge in [0.2, 0.25) is 0 Å². The summed E-state index contributed by atoms with van der Waals surface area (Å²) >= 11 is 0. The molecule has 0 spiro atoms. The number of carbonyl (C=O) groups excluding carboxylic acids is 1. The Bertz CT molecular complexity index is 231. The van der Waals surface area contributed by atoms with E-state index in [1.54, 1.807) is 7.11 Å². The first-order valence-corrected chi connectivity index (χ1v) is 3.89. The Hall–Kier alpha value is -1.15. The normalized spacial score (nSPS) is 12.4. The highest BCUT2D eigenvalue weighted by molar-refractivity contribution is 5.56. The maximum Gasteiger partial charge on any atom is 0.149 e. The lowest BCUT2D eigenvalue weighted by molar-refractivity contribution is -0.116. The fourth-order valence-electron chi connectivity index (χ4n) is 1.03. The van der Waals surface area contributed by atoms with E-state index < -0.39 is 0 Å². The van der Waals surface area contributed by atoms with Gasteiger partial charge < -0.3 is 9.53 Å². The Morgan fingerprint density at radius 3 is 2.58 bits per heavy atom. The lowest BCUT2D eigenvalue weighted by Gasteiger charge is -2.06. The Kier molecular flexibility index (Phi) is 3.48. The van der Waals surface area contributed by atoms with E-state index in [1.165, 1.54) is 0 Å². The average Bonchev–Trinajstić information content (AvgIpc) is 2.16. The van der Waals surface area contributed by atoms with Crippen molar-refractivity contribution in [2.45, 2.75) is 12.5 Å². The van der Waals surface area contributed by atoms with E-state index in [2.05, 4.69) is 0 Å². The van der Waals surface area contributed by atoms with Crippen LogP contribution in [0.1, 0.15) is 5.56 Å². The first kappa shape index (κ1) is 8.94. The molecule has 0 radical (unpaired) electrons. The van der Waals surface area contributed by atoms with Gasteiger partial charge in [0.05, 0.1) is 0 Å². The highest BCUT2D eigenvalue weighted by Gasteiger charge is 2.04. The molecule has 0 aliphatic rings. The molecule has 2 nitrogen and oxygen atoms in total. The van der Waals surface area contributed by atoms with Crippen molar-refractivity contribution in [1.82, 2.24) is 0 Å². The van der Waals surface area contributed by atoms with Crippen LogP contribution in [-0.2, 0) is 16.0 Å². The second-order valence-corrected chi connectivity index (χ2v) is 2.60. The minimum Gasteiger partial charge on any atom is -0.374 e. The van der Waals surface area contributed by atoms with Crippen LogP contribution in [0, 0.1) is 0 Å². The molecule has 1 rings (SSSR count). The smallest absolute Gasteiger partial charge is 0.149 e. The van der Waals surface area contributed by atoms with Crippen molar-refractivity contribution in [2.75, 3.05) is 7.11 Å². The monoisotopic (exact) mass is 164 g/mol. The number of rotatable bonds is 4. The molecule has 2 heteroatoms. The lowest BCUT2D eigenvalue weighted by atomic mass is 10.1. The molecule has 0 heterocycles. The van der Waals surface area contributed by atoms with Gasteiger partial charge in [0.25, 0.3) is 0 Å². The summed E-state index contributed by atoms with van der Waals surface area (Å²) in [5, 5.41) is 0. The van der Waals surface area contributed by atoms with Crippen LogP contribution in [0.4, 0.5) is 0 Å². The summed E-state index contributed by atoms with van der Waals surface area (Å²) in [4.78, 5) is 10.4. The van der Waals surface area contributed by atoms with E-state index in [1.807, 2.05) is 30.3 Å². The zero-order chi connectivity index (χ0) is 8.81. The van der Waals surface area contributed by atoms with Gasteiger partial charge in [-0.25, -0.2) is 0 Å². The molecule has 64 valence electrons. The zero-order valence-corrected chi connectivity index (χ0v) is 7.07. The third-order valence-corrected chi connectivity index (χ3v) is 1.73. The van der Waals surface area contributed by atoms with E-state index in [4.69, 9.17) is 4.74 Å². The molecule has 0 aliphatic carbocycles. The van der Waals surface area contributed by atoms with Gasteiger partial charge in [-0.2, -0.15) is 0 Å². The van der Waals surface area contributed by atoms with Gasteiger partial charge in [-0.1, -0.05) is 30.3 Å². The number of hydrogen-bond donors (Lipinski definition) is 0. The van der Waals surface area contributed by atoms with Crippen LogP contribution in [0.2, 0.25) is 0 Å². The number of hydrogen-bond acceptors (Lipinski definition) is 2. The topological polar surface area (TPSA) is 26.3 Å². The largest absolute Gasteiger partial charge is 0.374 e. The van der Waals surface area contributed by atoms with Gasteiger partial charge >= 0.3 is 0 Å². The molecule has 1 aromatic carbocycles. The average molecular weight is 164 g/mol. The Morgan fingerprint density at radius 2 is 2.08 bits per heavy atom. The van der Waals surface area contributed by atoms with E-state index in [-0.39, 0.29) is 6.10 Å². The summed E-state index contributed by atoms with van der Waals surface area (Å²) < 4.78 is 4.94. The summed E-state index contributed by atoms with van der Waals surface area (Å²) in [5.74, 6) is 0. The zero-order valence-electron chi connectivity index (χ0n) is 7.07. The standard InChI is InChI=1S/C10H12O2/c1-12-10(8-11)7-9-5-3-2-4-6-9/h2-6,8,10H,7H2,1H3. The van der Waals surface area contributed by atoms with Gasteiger partial charge in [-0.3, -0.25) is 0 Å². The first-order chi connectivity index (χ1) is 5.86. The van der Waals surface area contributed by atoms with Crippen LogP contribution in [-0.4, -0.2) is 19.5 Å². The minimum atomic E-state index is -0.313. The number of aldehydes is 1. The Labute approximate surface area is 72.2 Å². The summed E-state index contributed by atoms with van der Waals surface area (Å²) in [6, 6.07) is 9.82. The van der Waals surface area contributed by atoms with E-state index >= 15 is 0 Å². The van der Waals surface area contributed by atoms with Crippen molar-refractivity contribution in [3.8, 4) is 0 Å². The molecule has 0 saturated carbocycles. The predicted molar refractivity (Wildman–Crippen MR) is 47.0 cm³/mol. The van der Waals surface area contributed by atoms with E-state index in [9.17, 15) is 4.79 Å². The number of methoxy groups -OCH3 is 1. The summed E-state index contributed by atoms with van der Waals surface area (Å²) in [6.07, 6.45) is 1.17. The molecule has 12 heavy (non-hydrogen) atoms. The summed E-state index contributed by atoms with van der Waals surface area (Å²) in [5.41, 5.74) is 1.12. The molecular weight excluding hydrogens is 152 g/mol. The Balaban J connectivity index is 2.56. The van der Waals surface area contributed by atoms with Crippen LogP contribution in [0.25, 0.3) is 0 Å². The molecule has 0 saturated heterocycles. The summed E-state index contributed by atoms with van der Waals surface area (Å²) in [6.45, 7) is 0. The van der Waals surface area contributed by atoms with Crippen LogP contribution in [0.3, 0.4) is 0 Å². The highest BCUT2D eigenvalue weighted by Crippen LogP contribution is 2.03. The molecule has 1 atom stereocenters.